The van der Waals surface area contributed by atoms with E-state index in [-0.39, 0.29) is 10.7 Å². The van der Waals surface area contributed by atoms with Crippen molar-refractivity contribution in [1.29, 1.82) is 0 Å². The van der Waals surface area contributed by atoms with Gasteiger partial charge in [-0.15, -0.1) is 0 Å². The van der Waals surface area contributed by atoms with Gasteiger partial charge in [0.15, 0.2) is 6.10 Å². The van der Waals surface area contributed by atoms with E-state index in [0.29, 0.717) is 12.5 Å². The van der Waals surface area contributed by atoms with Crippen molar-refractivity contribution >= 4 is 17.7 Å². The first kappa shape index (κ1) is 19.9. The number of amides is 1. The molecule has 0 saturated carbocycles. The van der Waals surface area contributed by atoms with Crippen LogP contribution in [0, 0.1) is 6.92 Å². The number of hydrogen-bond acceptors (Lipinski definition) is 3. The van der Waals surface area contributed by atoms with Crippen LogP contribution in [-0.4, -0.2) is 29.1 Å². The topological polar surface area (TPSA) is 38.3 Å². The van der Waals surface area contributed by atoms with Crippen LogP contribution in [0.15, 0.2) is 18.2 Å². The summed E-state index contributed by atoms with van der Waals surface area (Å²) in [7, 11) is 0. The van der Waals surface area contributed by atoms with Gasteiger partial charge in [-0.25, -0.2) is 0 Å². The molecular formula is C19H31NO2S. The lowest BCUT2D eigenvalue weighted by Crippen LogP contribution is -2.37. The van der Waals surface area contributed by atoms with Gasteiger partial charge in [0.05, 0.1) is 0 Å². The van der Waals surface area contributed by atoms with Gasteiger partial charge >= 0.3 is 0 Å². The summed E-state index contributed by atoms with van der Waals surface area (Å²) in [5, 5.41) is 2.95. The lowest BCUT2D eigenvalue weighted by Gasteiger charge is -2.20. The van der Waals surface area contributed by atoms with Gasteiger partial charge in [-0.05, 0) is 37.0 Å². The van der Waals surface area contributed by atoms with Crippen LogP contribution in [0.3, 0.4) is 0 Å². The van der Waals surface area contributed by atoms with Crippen molar-refractivity contribution in [3.8, 4) is 5.75 Å². The Labute approximate surface area is 145 Å². The van der Waals surface area contributed by atoms with Crippen LogP contribution in [0.2, 0.25) is 0 Å². The van der Waals surface area contributed by atoms with Gasteiger partial charge in [0.1, 0.15) is 5.75 Å². The molecule has 1 N–H and O–H groups in total. The van der Waals surface area contributed by atoms with E-state index in [4.69, 9.17) is 4.74 Å². The van der Waals surface area contributed by atoms with E-state index in [1.807, 2.05) is 24.8 Å². The minimum atomic E-state index is -0.492. The fourth-order valence-corrected chi connectivity index (χ4v) is 2.96. The third-order valence-corrected chi connectivity index (χ3v) is 4.67. The zero-order valence-corrected chi connectivity index (χ0v) is 16.3. The van der Waals surface area contributed by atoms with Crippen LogP contribution in [0.25, 0.3) is 0 Å². The maximum absolute atomic E-state index is 12.2. The molecule has 0 saturated heterocycles. The number of carbonyl (C=O) groups excluding carboxylic acids is 1. The van der Waals surface area contributed by atoms with E-state index < -0.39 is 6.10 Å². The lowest BCUT2D eigenvalue weighted by atomic mass is 10.0. The van der Waals surface area contributed by atoms with Gasteiger partial charge in [-0.3, -0.25) is 4.79 Å². The van der Waals surface area contributed by atoms with Crippen molar-refractivity contribution in [2.75, 3.05) is 12.3 Å². The molecule has 0 aromatic heterocycles. The first-order chi connectivity index (χ1) is 10.6. The zero-order chi connectivity index (χ0) is 17.6. The van der Waals surface area contributed by atoms with Crippen LogP contribution in [-0.2, 0) is 4.79 Å². The van der Waals surface area contributed by atoms with Crippen LogP contribution in [0.1, 0.15) is 58.6 Å². The summed E-state index contributed by atoms with van der Waals surface area (Å²) < 4.78 is 6.15. The highest BCUT2D eigenvalue weighted by molar-refractivity contribution is 8.00. The van der Waals surface area contributed by atoms with Gasteiger partial charge in [0, 0.05) is 17.0 Å². The van der Waals surface area contributed by atoms with Crippen molar-refractivity contribution in [1.82, 2.24) is 5.32 Å². The highest BCUT2D eigenvalue weighted by atomic mass is 32.2. The summed E-state index contributed by atoms with van der Waals surface area (Å²) in [5.74, 6) is 2.02. The molecule has 0 unspecified atom stereocenters. The second-order valence-electron chi connectivity index (χ2n) is 7.21. The Morgan fingerprint density at radius 3 is 2.48 bits per heavy atom. The molecule has 130 valence electrons. The molecule has 1 atom stereocenters. The quantitative estimate of drug-likeness (QED) is 0.743. The molecule has 1 aromatic carbocycles. The number of rotatable bonds is 7. The summed E-state index contributed by atoms with van der Waals surface area (Å²) in [5.41, 5.74) is 2.28. The summed E-state index contributed by atoms with van der Waals surface area (Å²) in [6.45, 7) is 15.3. The van der Waals surface area contributed by atoms with Gasteiger partial charge in [0.25, 0.3) is 5.91 Å². The Balaban J connectivity index is 2.57. The molecule has 1 rings (SSSR count). The monoisotopic (exact) mass is 337 g/mol. The summed E-state index contributed by atoms with van der Waals surface area (Å²) >= 11 is 1.84. The van der Waals surface area contributed by atoms with Crippen LogP contribution in [0.4, 0.5) is 0 Å². The summed E-state index contributed by atoms with van der Waals surface area (Å²) in [6, 6.07) is 6.17. The first-order valence-electron chi connectivity index (χ1n) is 8.29. The molecule has 0 aliphatic carbocycles. The Hall–Kier alpha value is -1.16. The predicted molar refractivity (Wildman–Crippen MR) is 101 cm³/mol. The molecule has 1 amide bonds. The fourth-order valence-electron chi connectivity index (χ4n) is 2.14. The molecule has 0 aliphatic rings. The van der Waals surface area contributed by atoms with E-state index in [1.54, 1.807) is 6.92 Å². The Kier molecular flexibility index (Phi) is 7.46. The SMILES string of the molecule is Cc1ccc(C(C)C)c(O[C@@H](C)C(=O)NCCSC(C)(C)C)c1. The first-order valence-corrected chi connectivity index (χ1v) is 9.27. The largest absolute Gasteiger partial charge is 0.481 e. The number of aryl methyl sites for hydroxylation is 1. The second kappa shape index (κ2) is 8.62. The third kappa shape index (κ3) is 7.30. The number of hydrogen-bond donors (Lipinski definition) is 1. The molecule has 4 heteroatoms. The van der Waals surface area contributed by atoms with Gasteiger partial charge in [-0.1, -0.05) is 46.8 Å². The Morgan fingerprint density at radius 1 is 1.26 bits per heavy atom. The maximum atomic E-state index is 12.2. The molecule has 1 aromatic rings. The van der Waals surface area contributed by atoms with E-state index in [9.17, 15) is 4.79 Å². The minimum absolute atomic E-state index is 0.0595. The Morgan fingerprint density at radius 2 is 1.91 bits per heavy atom. The van der Waals surface area contributed by atoms with E-state index in [2.05, 4.69) is 52.1 Å². The predicted octanol–water partition coefficient (Wildman–Crippen LogP) is 4.53. The zero-order valence-electron chi connectivity index (χ0n) is 15.5. The number of benzene rings is 1. The molecule has 23 heavy (non-hydrogen) atoms. The summed E-state index contributed by atoms with van der Waals surface area (Å²) in [4.78, 5) is 12.2. The second-order valence-corrected chi connectivity index (χ2v) is 9.13. The van der Waals surface area contributed by atoms with Crippen LogP contribution < -0.4 is 10.1 Å². The molecule has 3 nitrogen and oxygen atoms in total. The third-order valence-electron chi connectivity index (χ3n) is 3.40. The van der Waals surface area contributed by atoms with E-state index >= 15 is 0 Å². The van der Waals surface area contributed by atoms with Crippen molar-refractivity contribution in [3.63, 3.8) is 0 Å². The van der Waals surface area contributed by atoms with Crippen molar-refractivity contribution in [2.24, 2.45) is 0 Å². The normalized spacial score (nSPS) is 13.0. The van der Waals surface area contributed by atoms with Crippen molar-refractivity contribution in [2.45, 2.75) is 65.2 Å². The molecule has 0 spiro atoms. The average Bonchev–Trinajstić information content (AvgIpc) is 2.42. The number of thioether (sulfide) groups is 1. The molecule has 0 bridgehead atoms. The standard InChI is InChI=1S/C19H31NO2S/c1-13(2)16-9-8-14(3)12-17(16)22-15(4)18(21)20-10-11-23-19(5,6)7/h8-9,12-13,15H,10-11H2,1-7H3,(H,20,21)/t15-/m0/s1. The fraction of sp³-hybridized carbons (Fsp3) is 0.632. The maximum Gasteiger partial charge on any atom is 0.260 e. The van der Waals surface area contributed by atoms with Gasteiger partial charge in [0.2, 0.25) is 0 Å². The smallest absolute Gasteiger partial charge is 0.260 e. The molecular weight excluding hydrogens is 306 g/mol. The van der Waals surface area contributed by atoms with Crippen LogP contribution in [0.5, 0.6) is 5.75 Å². The van der Waals surface area contributed by atoms with E-state index in [1.165, 1.54) is 0 Å². The van der Waals surface area contributed by atoms with Crippen LogP contribution >= 0.6 is 11.8 Å². The lowest BCUT2D eigenvalue weighted by molar-refractivity contribution is -0.127. The highest BCUT2D eigenvalue weighted by Crippen LogP contribution is 2.28. The summed E-state index contributed by atoms with van der Waals surface area (Å²) in [6.07, 6.45) is -0.492. The number of nitrogens with one attached hydrogen (secondary N) is 1. The Bertz CT molecular complexity index is 521. The molecule has 0 fully saturated rings. The molecule has 0 heterocycles. The average molecular weight is 338 g/mol. The minimum Gasteiger partial charge on any atom is -0.481 e. The number of carbonyl (C=O) groups is 1. The van der Waals surface area contributed by atoms with Crippen molar-refractivity contribution < 1.29 is 9.53 Å². The highest BCUT2D eigenvalue weighted by Gasteiger charge is 2.18. The van der Waals surface area contributed by atoms with Crippen molar-refractivity contribution in [3.05, 3.63) is 29.3 Å². The number of ether oxygens (including phenoxy) is 1. The van der Waals surface area contributed by atoms with E-state index in [0.717, 1.165) is 22.6 Å². The molecule has 0 radical (unpaired) electrons. The van der Waals surface area contributed by atoms with Gasteiger partial charge in [-0.2, -0.15) is 11.8 Å². The molecule has 0 aliphatic heterocycles. The van der Waals surface area contributed by atoms with Gasteiger partial charge < -0.3 is 10.1 Å².